The zero-order valence-electron chi connectivity index (χ0n) is 9.56. The summed E-state index contributed by atoms with van der Waals surface area (Å²) in [7, 11) is 0. The molecule has 0 aromatic heterocycles. The molecule has 0 unspecified atom stereocenters. The van der Waals surface area contributed by atoms with Crippen molar-refractivity contribution >= 4 is 17.4 Å². The Morgan fingerprint density at radius 3 is 2.18 bits per heavy atom. The fraction of sp³-hybridized carbons (Fsp3) is 0.364. The van der Waals surface area contributed by atoms with E-state index in [1.54, 1.807) is 0 Å². The maximum absolute atomic E-state index is 11.9. The molecule has 17 heavy (non-hydrogen) atoms. The highest BCUT2D eigenvalue weighted by atomic mass is 35.5. The summed E-state index contributed by atoms with van der Waals surface area (Å²) in [4.78, 5) is 10.9. The monoisotopic (exact) mass is 268 g/mol. The van der Waals surface area contributed by atoms with Gasteiger partial charge in [-0.15, -0.1) is 13.2 Å². The number of ketones is 1. The number of halogens is 4. The molecule has 0 amide bonds. The maximum Gasteiger partial charge on any atom is 0.573 e. The van der Waals surface area contributed by atoms with Crippen LogP contribution in [0.2, 0.25) is 5.02 Å². The summed E-state index contributed by atoms with van der Waals surface area (Å²) in [5.41, 5.74) is 0.0711. The topological polar surface area (TPSA) is 26.3 Å². The van der Waals surface area contributed by atoms with E-state index in [0.717, 1.165) is 12.1 Å². The molecule has 0 bridgehead atoms. The van der Waals surface area contributed by atoms with Crippen LogP contribution in [0.4, 0.5) is 13.2 Å². The molecule has 0 atom stereocenters. The number of rotatable bonds is 2. The molecule has 0 aliphatic heterocycles. The number of Topliss-reactive ketones (excluding diaryl/α,β-unsaturated/α-hetero) is 1. The van der Waals surface area contributed by atoms with Gasteiger partial charge in [-0.25, -0.2) is 0 Å². The minimum Gasteiger partial charge on any atom is -0.406 e. The Kier molecular flexibility index (Phi) is 6.02. The summed E-state index contributed by atoms with van der Waals surface area (Å²) >= 11 is 5.52. The van der Waals surface area contributed by atoms with Crippen LogP contribution in [0.3, 0.4) is 0 Å². The van der Waals surface area contributed by atoms with E-state index in [9.17, 15) is 18.0 Å². The van der Waals surface area contributed by atoms with E-state index in [-0.39, 0.29) is 16.4 Å². The van der Waals surface area contributed by atoms with E-state index in [1.165, 1.54) is 13.0 Å². The highest BCUT2D eigenvalue weighted by Gasteiger charge is 2.31. The Bertz CT molecular complexity index is 389. The lowest BCUT2D eigenvalue weighted by atomic mass is 10.1. The lowest BCUT2D eigenvalue weighted by molar-refractivity contribution is -0.274. The maximum atomic E-state index is 11.9. The molecule has 1 aromatic carbocycles. The van der Waals surface area contributed by atoms with E-state index in [2.05, 4.69) is 4.74 Å². The first kappa shape index (κ1) is 15.8. The Morgan fingerprint density at radius 2 is 1.76 bits per heavy atom. The quantitative estimate of drug-likeness (QED) is 0.740. The first-order valence-corrected chi connectivity index (χ1v) is 5.23. The number of alkyl halides is 3. The molecule has 2 nitrogen and oxygen atoms in total. The van der Waals surface area contributed by atoms with Gasteiger partial charge < -0.3 is 4.74 Å². The van der Waals surface area contributed by atoms with E-state index in [1.807, 2.05) is 13.8 Å². The summed E-state index contributed by atoms with van der Waals surface area (Å²) in [5.74, 6) is -0.885. The second-order valence-corrected chi connectivity index (χ2v) is 3.22. The fourth-order valence-electron chi connectivity index (χ4n) is 0.959. The van der Waals surface area contributed by atoms with Crippen LogP contribution in [0.25, 0.3) is 0 Å². The third-order valence-corrected chi connectivity index (χ3v) is 1.73. The molecule has 96 valence electrons. The third-order valence-electron chi connectivity index (χ3n) is 1.51. The second-order valence-electron chi connectivity index (χ2n) is 2.78. The molecule has 0 aliphatic carbocycles. The predicted molar refractivity (Wildman–Crippen MR) is 59.5 cm³/mol. The van der Waals surface area contributed by atoms with Crippen molar-refractivity contribution in [2.24, 2.45) is 0 Å². The largest absolute Gasteiger partial charge is 0.573 e. The van der Waals surface area contributed by atoms with Crippen LogP contribution < -0.4 is 4.74 Å². The number of benzene rings is 1. The molecule has 1 rings (SSSR count). The Labute approximate surface area is 102 Å². The second kappa shape index (κ2) is 6.49. The van der Waals surface area contributed by atoms with Gasteiger partial charge in [0.15, 0.2) is 5.78 Å². The van der Waals surface area contributed by atoms with E-state index >= 15 is 0 Å². The van der Waals surface area contributed by atoms with Crippen molar-refractivity contribution < 1.29 is 22.7 Å². The lowest BCUT2D eigenvalue weighted by Gasteiger charge is -2.09. The van der Waals surface area contributed by atoms with Crippen molar-refractivity contribution in [3.8, 4) is 5.75 Å². The van der Waals surface area contributed by atoms with Crippen molar-refractivity contribution in [3.63, 3.8) is 0 Å². The first-order chi connectivity index (χ1) is 7.78. The Balaban J connectivity index is 0.00000121. The SMILES string of the molecule is CC.CC(=O)c1cc(Cl)cc(OC(F)(F)F)c1. The summed E-state index contributed by atoms with van der Waals surface area (Å²) in [6, 6.07) is 3.25. The van der Waals surface area contributed by atoms with Gasteiger partial charge in [-0.3, -0.25) is 4.79 Å². The van der Waals surface area contributed by atoms with Crippen molar-refractivity contribution in [1.29, 1.82) is 0 Å². The molecule has 0 fully saturated rings. The van der Waals surface area contributed by atoms with Crippen LogP contribution in [0.5, 0.6) is 5.75 Å². The van der Waals surface area contributed by atoms with Gasteiger partial charge in [0.05, 0.1) is 0 Å². The molecule has 0 spiro atoms. The molecule has 0 saturated heterocycles. The Hall–Kier alpha value is -1.23. The average molecular weight is 269 g/mol. The molecular formula is C11H12ClF3O2. The van der Waals surface area contributed by atoms with Gasteiger partial charge in [0.2, 0.25) is 0 Å². The molecule has 0 radical (unpaired) electrons. The summed E-state index contributed by atoms with van der Waals surface area (Å²) in [6.45, 7) is 5.23. The molecular weight excluding hydrogens is 257 g/mol. The average Bonchev–Trinajstić information content (AvgIpc) is 2.17. The molecule has 0 heterocycles. The number of ether oxygens (including phenoxy) is 1. The van der Waals surface area contributed by atoms with Gasteiger partial charge in [-0.2, -0.15) is 0 Å². The zero-order valence-corrected chi connectivity index (χ0v) is 10.3. The van der Waals surface area contributed by atoms with Gasteiger partial charge in [0, 0.05) is 10.6 Å². The highest BCUT2D eigenvalue weighted by molar-refractivity contribution is 6.31. The van der Waals surface area contributed by atoms with Crippen molar-refractivity contribution in [1.82, 2.24) is 0 Å². The fourth-order valence-corrected chi connectivity index (χ4v) is 1.18. The molecule has 0 N–H and O–H groups in total. The summed E-state index contributed by atoms with van der Waals surface area (Å²) in [5, 5.41) is 0.0157. The summed E-state index contributed by atoms with van der Waals surface area (Å²) in [6.07, 6.45) is -4.79. The van der Waals surface area contributed by atoms with Crippen molar-refractivity contribution in [2.75, 3.05) is 0 Å². The third kappa shape index (κ3) is 6.16. The van der Waals surface area contributed by atoms with Gasteiger partial charge >= 0.3 is 6.36 Å². The minimum absolute atomic E-state index is 0.0157. The van der Waals surface area contributed by atoms with Gasteiger partial charge in [0.25, 0.3) is 0 Å². The molecule has 0 aliphatic rings. The van der Waals surface area contributed by atoms with E-state index in [4.69, 9.17) is 11.6 Å². The van der Waals surface area contributed by atoms with Gasteiger partial charge in [-0.1, -0.05) is 25.4 Å². The first-order valence-electron chi connectivity index (χ1n) is 4.85. The van der Waals surface area contributed by atoms with Crippen LogP contribution in [0.1, 0.15) is 31.1 Å². The molecule has 0 saturated carbocycles. The Morgan fingerprint density at radius 1 is 1.24 bits per heavy atom. The van der Waals surface area contributed by atoms with Crippen molar-refractivity contribution in [3.05, 3.63) is 28.8 Å². The van der Waals surface area contributed by atoms with Crippen LogP contribution in [0, 0.1) is 0 Å². The number of hydrogen-bond donors (Lipinski definition) is 0. The van der Waals surface area contributed by atoms with Crippen LogP contribution in [-0.4, -0.2) is 12.1 Å². The normalized spacial score (nSPS) is 10.3. The molecule has 6 heteroatoms. The zero-order chi connectivity index (χ0) is 13.6. The van der Waals surface area contributed by atoms with Gasteiger partial charge in [-0.05, 0) is 25.1 Å². The number of hydrogen-bond acceptors (Lipinski definition) is 2. The molecule has 1 aromatic rings. The highest BCUT2D eigenvalue weighted by Crippen LogP contribution is 2.27. The van der Waals surface area contributed by atoms with Crippen LogP contribution >= 0.6 is 11.6 Å². The lowest BCUT2D eigenvalue weighted by Crippen LogP contribution is -2.17. The number of carbonyl (C=O) groups is 1. The predicted octanol–water partition coefficient (Wildman–Crippen LogP) is 4.47. The minimum atomic E-state index is -4.79. The van der Waals surface area contributed by atoms with Gasteiger partial charge in [0.1, 0.15) is 5.75 Å². The smallest absolute Gasteiger partial charge is 0.406 e. The summed E-state index contributed by atoms with van der Waals surface area (Å²) < 4.78 is 39.2. The van der Waals surface area contributed by atoms with E-state index < -0.39 is 12.1 Å². The standard InChI is InChI=1S/C9H6ClF3O2.C2H6/c1-5(14)6-2-7(10)4-8(3-6)15-9(11,12)13;1-2/h2-4H,1H3;1-2H3. The number of carbonyl (C=O) groups excluding carboxylic acids is 1. The van der Waals surface area contributed by atoms with E-state index in [0.29, 0.717) is 0 Å². The van der Waals surface area contributed by atoms with Crippen LogP contribution in [-0.2, 0) is 0 Å². The van der Waals surface area contributed by atoms with Crippen molar-refractivity contribution in [2.45, 2.75) is 27.1 Å². The van der Waals surface area contributed by atoms with Crippen LogP contribution in [0.15, 0.2) is 18.2 Å².